The molecule has 18 heavy (non-hydrogen) atoms. The van der Waals surface area contributed by atoms with Gasteiger partial charge in [0.1, 0.15) is 0 Å². The van der Waals surface area contributed by atoms with Crippen LogP contribution in [0.1, 0.15) is 53.5 Å². The maximum atomic E-state index is 2.29. The third kappa shape index (κ3) is 8.10. The van der Waals surface area contributed by atoms with Crippen molar-refractivity contribution in [2.24, 2.45) is 5.92 Å². The molecule has 0 aliphatic rings. The van der Waals surface area contributed by atoms with Gasteiger partial charge in [0.25, 0.3) is 0 Å². The van der Waals surface area contributed by atoms with E-state index >= 15 is 0 Å². The quantitative estimate of drug-likeness (QED) is 0.550. The van der Waals surface area contributed by atoms with Gasteiger partial charge in [0.15, 0.2) is 0 Å². The minimum absolute atomic E-state index is 0.683. The van der Waals surface area contributed by atoms with Gasteiger partial charge < -0.3 is 0 Å². The molecule has 0 radical (unpaired) electrons. The molecule has 104 valence electrons. The van der Waals surface area contributed by atoms with Crippen molar-refractivity contribution in [3.8, 4) is 0 Å². The summed E-state index contributed by atoms with van der Waals surface area (Å²) < 4.78 is 0. The SMILES string of the molecule is CC.CC(C)CCc1ccccc1SSC(C)C. The van der Waals surface area contributed by atoms with Crippen molar-refractivity contribution in [2.75, 3.05) is 0 Å². The number of benzene rings is 1. The van der Waals surface area contributed by atoms with E-state index in [0.29, 0.717) is 5.25 Å². The minimum Gasteiger partial charge on any atom is -0.0861 e. The van der Waals surface area contributed by atoms with E-state index in [-0.39, 0.29) is 0 Å². The molecule has 0 heterocycles. The van der Waals surface area contributed by atoms with Gasteiger partial charge in [0, 0.05) is 10.1 Å². The molecule has 2 heteroatoms. The highest BCUT2D eigenvalue weighted by Crippen LogP contribution is 2.36. The van der Waals surface area contributed by atoms with Crippen LogP contribution in [0.25, 0.3) is 0 Å². The summed E-state index contributed by atoms with van der Waals surface area (Å²) in [7, 11) is 3.87. The van der Waals surface area contributed by atoms with Gasteiger partial charge in [-0.3, -0.25) is 0 Å². The smallest absolute Gasteiger partial charge is 0.0214 e. The molecular formula is C16H28S2. The molecule has 0 bridgehead atoms. The Morgan fingerprint density at radius 2 is 1.61 bits per heavy atom. The Morgan fingerprint density at radius 1 is 1.00 bits per heavy atom. The van der Waals surface area contributed by atoms with E-state index in [9.17, 15) is 0 Å². The number of rotatable bonds is 6. The molecule has 0 amide bonds. The highest BCUT2D eigenvalue weighted by atomic mass is 33.1. The van der Waals surface area contributed by atoms with Gasteiger partial charge in [-0.2, -0.15) is 0 Å². The summed E-state index contributed by atoms with van der Waals surface area (Å²) in [4.78, 5) is 1.45. The van der Waals surface area contributed by atoms with Gasteiger partial charge in [-0.1, -0.05) is 81.3 Å². The molecule has 0 fully saturated rings. The van der Waals surface area contributed by atoms with Crippen molar-refractivity contribution >= 4 is 21.6 Å². The fraction of sp³-hybridized carbons (Fsp3) is 0.625. The van der Waals surface area contributed by atoms with E-state index < -0.39 is 0 Å². The first-order valence-corrected chi connectivity index (χ1v) is 9.22. The molecule has 0 atom stereocenters. The van der Waals surface area contributed by atoms with Crippen LogP contribution in [0.4, 0.5) is 0 Å². The first-order valence-electron chi connectivity index (χ1n) is 7.01. The summed E-state index contributed by atoms with van der Waals surface area (Å²) in [5.41, 5.74) is 1.51. The standard InChI is InChI=1S/C14H22S2.C2H6/c1-11(2)9-10-13-7-5-6-8-14(13)16-15-12(3)4;1-2/h5-8,11-12H,9-10H2,1-4H3;1-2H3. The van der Waals surface area contributed by atoms with Crippen molar-refractivity contribution in [3.05, 3.63) is 29.8 Å². The first kappa shape index (κ1) is 17.9. The average Bonchev–Trinajstić information content (AvgIpc) is 2.37. The second kappa shape index (κ2) is 10.8. The minimum atomic E-state index is 0.683. The zero-order chi connectivity index (χ0) is 14.0. The van der Waals surface area contributed by atoms with Gasteiger partial charge in [-0.15, -0.1) is 0 Å². The molecule has 0 N–H and O–H groups in total. The molecule has 1 aromatic carbocycles. The topological polar surface area (TPSA) is 0 Å². The van der Waals surface area contributed by atoms with Crippen LogP contribution < -0.4 is 0 Å². The van der Waals surface area contributed by atoms with Crippen LogP contribution in [0.3, 0.4) is 0 Å². The average molecular weight is 285 g/mol. The molecule has 0 nitrogen and oxygen atoms in total. The Hall–Kier alpha value is -0.0800. The lowest BCUT2D eigenvalue weighted by Gasteiger charge is -2.11. The van der Waals surface area contributed by atoms with Crippen LogP contribution in [0.15, 0.2) is 29.2 Å². The van der Waals surface area contributed by atoms with Gasteiger partial charge >= 0.3 is 0 Å². The Balaban J connectivity index is 0.00000137. The molecular weight excluding hydrogens is 256 g/mol. The number of hydrogen-bond donors (Lipinski definition) is 0. The number of hydrogen-bond acceptors (Lipinski definition) is 2. The predicted molar refractivity (Wildman–Crippen MR) is 89.5 cm³/mol. The lowest BCUT2D eigenvalue weighted by atomic mass is 10.0. The van der Waals surface area contributed by atoms with Gasteiger partial charge in [-0.25, -0.2) is 0 Å². The fourth-order valence-corrected chi connectivity index (χ4v) is 3.47. The van der Waals surface area contributed by atoms with Crippen LogP contribution in [0.5, 0.6) is 0 Å². The molecule has 0 saturated heterocycles. The van der Waals surface area contributed by atoms with Crippen molar-refractivity contribution in [1.29, 1.82) is 0 Å². The summed E-state index contributed by atoms with van der Waals surface area (Å²) in [5.74, 6) is 0.788. The van der Waals surface area contributed by atoms with Crippen molar-refractivity contribution in [2.45, 2.75) is 64.5 Å². The van der Waals surface area contributed by atoms with E-state index in [0.717, 1.165) is 5.92 Å². The Morgan fingerprint density at radius 3 is 2.17 bits per heavy atom. The van der Waals surface area contributed by atoms with Gasteiger partial charge in [0.2, 0.25) is 0 Å². The summed E-state index contributed by atoms with van der Waals surface area (Å²) in [5, 5.41) is 0.683. The maximum absolute atomic E-state index is 2.29. The van der Waals surface area contributed by atoms with Crippen LogP contribution in [-0.4, -0.2) is 5.25 Å². The van der Waals surface area contributed by atoms with E-state index in [1.54, 1.807) is 0 Å². The highest BCUT2D eigenvalue weighted by Gasteiger charge is 2.05. The van der Waals surface area contributed by atoms with Gasteiger partial charge in [-0.05, 0) is 30.4 Å². The fourth-order valence-electron chi connectivity index (χ4n) is 1.38. The second-order valence-electron chi connectivity index (χ2n) is 4.77. The van der Waals surface area contributed by atoms with Crippen LogP contribution in [0.2, 0.25) is 0 Å². The monoisotopic (exact) mass is 284 g/mol. The van der Waals surface area contributed by atoms with Crippen LogP contribution in [0, 0.1) is 5.92 Å². The Bertz CT molecular complexity index is 275. The van der Waals surface area contributed by atoms with E-state index in [1.807, 2.05) is 35.4 Å². The lowest BCUT2D eigenvalue weighted by molar-refractivity contribution is 0.584. The molecule has 0 aliphatic carbocycles. The molecule has 0 unspecified atom stereocenters. The van der Waals surface area contributed by atoms with Crippen molar-refractivity contribution in [1.82, 2.24) is 0 Å². The summed E-state index contributed by atoms with van der Waals surface area (Å²) in [6.45, 7) is 13.1. The molecule has 1 aromatic rings. The second-order valence-corrected chi connectivity index (χ2v) is 7.59. The molecule has 0 aromatic heterocycles. The molecule has 0 aliphatic heterocycles. The summed E-state index contributed by atoms with van der Waals surface area (Å²) in [6, 6.07) is 8.81. The largest absolute Gasteiger partial charge is 0.0861 e. The first-order chi connectivity index (χ1) is 8.59. The predicted octanol–water partition coefficient (Wildman–Crippen LogP) is 6.45. The Kier molecular flexibility index (Phi) is 10.8. The third-order valence-electron chi connectivity index (χ3n) is 2.29. The van der Waals surface area contributed by atoms with Gasteiger partial charge in [0.05, 0.1) is 0 Å². The molecule has 0 saturated carbocycles. The van der Waals surface area contributed by atoms with Crippen molar-refractivity contribution in [3.63, 3.8) is 0 Å². The van der Waals surface area contributed by atoms with Crippen LogP contribution >= 0.6 is 21.6 Å². The van der Waals surface area contributed by atoms with E-state index in [2.05, 4.69) is 52.0 Å². The maximum Gasteiger partial charge on any atom is 0.0214 e. The zero-order valence-corrected chi connectivity index (χ0v) is 14.3. The molecule has 1 rings (SSSR count). The van der Waals surface area contributed by atoms with Crippen LogP contribution in [-0.2, 0) is 6.42 Å². The summed E-state index contributed by atoms with van der Waals surface area (Å²) in [6.07, 6.45) is 2.49. The highest BCUT2D eigenvalue weighted by molar-refractivity contribution is 8.76. The third-order valence-corrected chi connectivity index (χ3v) is 5.33. The van der Waals surface area contributed by atoms with Crippen molar-refractivity contribution < 1.29 is 0 Å². The normalized spacial score (nSPS) is 10.4. The summed E-state index contributed by atoms with van der Waals surface area (Å²) >= 11 is 0. The lowest BCUT2D eigenvalue weighted by Crippen LogP contribution is -1.93. The van der Waals surface area contributed by atoms with E-state index in [1.165, 1.54) is 23.3 Å². The molecule has 0 spiro atoms. The Labute approximate surface area is 122 Å². The van der Waals surface area contributed by atoms with E-state index in [4.69, 9.17) is 0 Å². The number of aryl methyl sites for hydroxylation is 1. The zero-order valence-electron chi connectivity index (χ0n) is 12.7.